The van der Waals surface area contributed by atoms with Crippen LogP contribution in [0.2, 0.25) is 0 Å². The van der Waals surface area contributed by atoms with Crippen molar-refractivity contribution < 1.29 is 14.7 Å². The van der Waals surface area contributed by atoms with Gasteiger partial charge in [-0.05, 0) is 19.9 Å². The summed E-state index contributed by atoms with van der Waals surface area (Å²) in [5.74, 6) is -0.331. The second-order valence-corrected chi connectivity index (χ2v) is 4.45. The lowest BCUT2D eigenvalue weighted by atomic mass is 10.1. The molecule has 0 heterocycles. The van der Waals surface area contributed by atoms with Gasteiger partial charge in [0.1, 0.15) is 11.8 Å². The zero-order valence-corrected chi connectivity index (χ0v) is 11.5. The molecule has 0 bridgehead atoms. The van der Waals surface area contributed by atoms with E-state index in [1.54, 1.807) is 37.1 Å². The molecule has 1 unspecified atom stereocenters. The Hall–Kier alpha value is -2.04. The molecule has 2 N–H and O–H groups in total. The minimum Gasteiger partial charge on any atom is -0.508 e. The van der Waals surface area contributed by atoms with Crippen molar-refractivity contribution in [3.05, 3.63) is 29.8 Å². The summed E-state index contributed by atoms with van der Waals surface area (Å²) in [6.07, 6.45) is 0.0557. The Morgan fingerprint density at radius 3 is 2.58 bits per heavy atom. The monoisotopic (exact) mass is 264 g/mol. The molecular weight excluding hydrogens is 244 g/mol. The van der Waals surface area contributed by atoms with E-state index < -0.39 is 6.04 Å². The van der Waals surface area contributed by atoms with Crippen molar-refractivity contribution in [2.75, 3.05) is 13.6 Å². The predicted molar refractivity (Wildman–Crippen MR) is 72.7 cm³/mol. The number of rotatable bonds is 5. The third-order valence-corrected chi connectivity index (χ3v) is 2.94. The molecule has 5 heteroatoms. The Kier molecular flexibility index (Phi) is 5.36. The van der Waals surface area contributed by atoms with Crippen LogP contribution in [-0.4, -0.2) is 41.5 Å². The van der Waals surface area contributed by atoms with Crippen molar-refractivity contribution in [2.24, 2.45) is 0 Å². The standard InChI is InChI=1S/C14H20N2O3/c1-4-16(3)14(19)10(2)15-13(18)9-11-7-5-6-8-12(11)17/h5-8,10,17H,4,9H2,1-3H3,(H,15,18). The summed E-state index contributed by atoms with van der Waals surface area (Å²) in [4.78, 5) is 25.1. The third kappa shape index (κ3) is 4.28. The Morgan fingerprint density at radius 1 is 1.37 bits per heavy atom. The second-order valence-electron chi connectivity index (χ2n) is 4.45. The van der Waals surface area contributed by atoms with E-state index in [-0.39, 0.29) is 24.0 Å². The first kappa shape index (κ1) is 15.0. The third-order valence-electron chi connectivity index (χ3n) is 2.94. The molecule has 1 aromatic rings. The van der Waals surface area contributed by atoms with Gasteiger partial charge in [-0.15, -0.1) is 0 Å². The number of likely N-dealkylation sites (N-methyl/N-ethyl adjacent to an activating group) is 1. The summed E-state index contributed by atoms with van der Waals surface area (Å²) < 4.78 is 0. The Balaban J connectivity index is 2.56. The molecule has 104 valence electrons. The molecule has 0 saturated carbocycles. The molecule has 0 radical (unpaired) electrons. The number of hydrogen-bond donors (Lipinski definition) is 2. The molecule has 5 nitrogen and oxygen atoms in total. The van der Waals surface area contributed by atoms with Crippen LogP contribution in [0.15, 0.2) is 24.3 Å². The molecule has 19 heavy (non-hydrogen) atoms. The summed E-state index contributed by atoms with van der Waals surface area (Å²) in [5.41, 5.74) is 0.545. The number of carbonyl (C=O) groups is 2. The summed E-state index contributed by atoms with van der Waals surface area (Å²) in [5, 5.41) is 12.2. The first-order chi connectivity index (χ1) is 8.95. The van der Waals surface area contributed by atoms with E-state index in [0.29, 0.717) is 12.1 Å². The summed E-state index contributed by atoms with van der Waals surface area (Å²) in [6, 6.07) is 6.09. The van der Waals surface area contributed by atoms with Crippen LogP contribution in [0.5, 0.6) is 5.75 Å². The molecular formula is C14H20N2O3. The van der Waals surface area contributed by atoms with E-state index in [2.05, 4.69) is 5.32 Å². The van der Waals surface area contributed by atoms with Gasteiger partial charge >= 0.3 is 0 Å². The Labute approximate surface area is 113 Å². The fourth-order valence-electron chi connectivity index (χ4n) is 1.67. The van der Waals surface area contributed by atoms with E-state index in [1.165, 1.54) is 6.07 Å². The van der Waals surface area contributed by atoms with Crippen molar-refractivity contribution in [3.63, 3.8) is 0 Å². The lowest BCUT2D eigenvalue weighted by molar-refractivity contribution is -0.134. The van der Waals surface area contributed by atoms with Crippen LogP contribution in [0.25, 0.3) is 0 Å². The number of nitrogens with one attached hydrogen (secondary N) is 1. The molecule has 0 aliphatic heterocycles. The highest BCUT2D eigenvalue weighted by Crippen LogP contribution is 2.15. The zero-order valence-electron chi connectivity index (χ0n) is 11.5. The number of carbonyl (C=O) groups excluding carboxylic acids is 2. The normalized spacial score (nSPS) is 11.7. The SMILES string of the molecule is CCN(C)C(=O)C(C)NC(=O)Cc1ccccc1O. The first-order valence-electron chi connectivity index (χ1n) is 6.27. The minimum absolute atomic E-state index is 0.0557. The van der Waals surface area contributed by atoms with Gasteiger partial charge < -0.3 is 15.3 Å². The second kappa shape index (κ2) is 6.78. The highest BCUT2D eigenvalue weighted by Gasteiger charge is 2.18. The van der Waals surface area contributed by atoms with E-state index in [9.17, 15) is 14.7 Å². The maximum atomic E-state index is 11.8. The molecule has 1 aromatic carbocycles. The van der Waals surface area contributed by atoms with Gasteiger partial charge in [0.15, 0.2) is 0 Å². The minimum atomic E-state index is -0.566. The molecule has 1 rings (SSSR count). The smallest absolute Gasteiger partial charge is 0.244 e. The largest absolute Gasteiger partial charge is 0.508 e. The zero-order chi connectivity index (χ0) is 14.4. The van der Waals surface area contributed by atoms with Crippen LogP contribution in [0.3, 0.4) is 0 Å². The molecule has 0 spiro atoms. The topological polar surface area (TPSA) is 69.6 Å². The number of phenolic OH excluding ortho intramolecular Hbond substituents is 1. The molecule has 0 aliphatic rings. The van der Waals surface area contributed by atoms with Gasteiger partial charge in [-0.3, -0.25) is 9.59 Å². The molecule has 0 aromatic heterocycles. The van der Waals surface area contributed by atoms with Gasteiger partial charge in [0.05, 0.1) is 6.42 Å². The number of amides is 2. The number of phenols is 1. The van der Waals surface area contributed by atoms with Crippen molar-refractivity contribution in [2.45, 2.75) is 26.3 Å². The van der Waals surface area contributed by atoms with E-state index in [4.69, 9.17) is 0 Å². The number of para-hydroxylation sites is 1. The lowest BCUT2D eigenvalue weighted by Gasteiger charge is -2.20. The summed E-state index contributed by atoms with van der Waals surface area (Å²) >= 11 is 0. The van der Waals surface area contributed by atoms with Crippen LogP contribution in [0.1, 0.15) is 19.4 Å². The van der Waals surface area contributed by atoms with Gasteiger partial charge in [-0.25, -0.2) is 0 Å². The summed E-state index contributed by atoms with van der Waals surface area (Å²) in [7, 11) is 1.69. The maximum Gasteiger partial charge on any atom is 0.244 e. The Morgan fingerprint density at radius 2 is 2.00 bits per heavy atom. The molecule has 1 atom stereocenters. The van der Waals surface area contributed by atoms with Crippen LogP contribution < -0.4 is 5.32 Å². The van der Waals surface area contributed by atoms with E-state index >= 15 is 0 Å². The fraction of sp³-hybridized carbons (Fsp3) is 0.429. The van der Waals surface area contributed by atoms with Gasteiger partial charge in [-0.2, -0.15) is 0 Å². The van der Waals surface area contributed by atoms with Crippen molar-refractivity contribution in [3.8, 4) is 5.75 Å². The highest BCUT2D eigenvalue weighted by molar-refractivity contribution is 5.88. The van der Waals surface area contributed by atoms with Crippen molar-refractivity contribution >= 4 is 11.8 Å². The average Bonchev–Trinajstić information content (AvgIpc) is 2.39. The fourth-order valence-corrected chi connectivity index (χ4v) is 1.67. The Bertz CT molecular complexity index is 460. The van der Waals surface area contributed by atoms with Crippen molar-refractivity contribution in [1.29, 1.82) is 0 Å². The number of nitrogens with zero attached hydrogens (tertiary/aromatic N) is 1. The van der Waals surface area contributed by atoms with Crippen molar-refractivity contribution in [1.82, 2.24) is 10.2 Å². The molecule has 0 fully saturated rings. The number of benzene rings is 1. The lowest BCUT2D eigenvalue weighted by Crippen LogP contribution is -2.45. The van der Waals surface area contributed by atoms with Crippen LogP contribution in [-0.2, 0) is 16.0 Å². The molecule has 0 aliphatic carbocycles. The molecule has 0 saturated heterocycles. The number of hydrogen-bond acceptors (Lipinski definition) is 3. The quantitative estimate of drug-likeness (QED) is 0.830. The first-order valence-corrected chi connectivity index (χ1v) is 6.27. The van der Waals surface area contributed by atoms with E-state index in [1.807, 2.05) is 6.92 Å². The highest BCUT2D eigenvalue weighted by atomic mass is 16.3. The number of aromatic hydroxyl groups is 1. The van der Waals surface area contributed by atoms with Crippen LogP contribution >= 0.6 is 0 Å². The van der Waals surface area contributed by atoms with Gasteiger partial charge in [0.25, 0.3) is 0 Å². The van der Waals surface area contributed by atoms with Gasteiger partial charge in [-0.1, -0.05) is 18.2 Å². The predicted octanol–water partition coefficient (Wildman–Crippen LogP) is 0.918. The van der Waals surface area contributed by atoms with Crippen LogP contribution in [0, 0.1) is 0 Å². The van der Waals surface area contributed by atoms with E-state index in [0.717, 1.165) is 0 Å². The molecule has 2 amide bonds. The van der Waals surface area contributed by atoms with Crippen LogP contribution in [0.4, 0.5) is 0 Å². The average molecular weight is 264 g/mol. The van der Waals surface area contributed by atoms with Gasteiger partial charge in [0.2, 0.25) is 11.8 Å². The van der Waals surface area contributed by atoms with Gasteiger partial charge in [0, 0.05) is 19.2 Å². The maximum absolute atomic E-state index is 11.8. The summed E-state index contributed by atoms with van der Waals surface area (Å²) in [6.45, 7) is 4.12.